The number of ether oxygens (including phenoxy) is 1. The van der Waals surface area contributed by atoms with Crippen molar-refractivity contribution in [2.24, 2.45) is 7.05 Å². The fourth-order valence-electron chi connectivity index (χ4n) is 3.02. The Morgan fingerprint density at radius 3 is 2.43 bits per heavy atom. The molecule has 8 heteroatoms. The molecular weight excluding hydrogens is 382 g/mol. The van der Waals surface area contributed by atoms with Crippen molar-refractivity contribution in [1.29, 1.82) is 0 Å². The summed E-state index contributed by atoms with van der Waals surface area (Å²) in [7, 11) is 1.84. The lowest BCUT2D eigenvalue weighted by Gasteiger charge is -2.09. The normalized spacial score (nSPS) is 11.1. The summed E-state index contributed by atoms with van der Waals surface area (Å²) in [5.41, 5.74) is 5.32. The molecule has 3 rings (SSSR count). The number of esters is 1. The Kier molecular flexibility index (Phi) is 6.15. The van der Waals surface area contributed by atoms with Crippen LogP contribution in [0.15, 0.2) is 36.4 Å². The number of aryl methyl sites for hydroxylation is 4. The van der Waals surface area contributed by atoms with Crippen LogP contribution in [0, 0.1) is 27.7 Å². The fourth-order valence-corrected chi connectivity index (χ4v) is 3.02. The number of benzene rings is 1. The molecule has 2 aromatic heterocycles. The van der Waals surface area contributed by atoms with Crippen molar-refractivity contribution in [2.45, 2.75) is 27.7 Å². The standard InChI is InChI=1S/C22H25N5O3/c1-14-6-8-18(9-7-14)27-20(12-15(2)24-27)23-21(28)13-30-22(29)11-10-19-16(3)25-26(5)17(19)4/h6-12H,13H2,1-5H3,(H,23,28)/b11-10+. The molecule has 0 saturated carbocycles. The van der Waals surface area contributed by atoms with Crippen LogP contribution in [0.2, 0.25) is 0 Å². The third kappa shape index (κ3) is 4.83. The van der Waals surface area contributed by atoms with E-state index in [0.29, 0.717) is 5.82 Å². The Bertz CT molecular complexity index is 1110. The molecule has 2 heterocycles. The van der Waals surface area contributed by atoms with Gasteiger partial charge in [0.2, 0.25) is 0 Å². The van der Waals surface area contributed by atoms with Crippen molar-refractivity contribution in [3.05, 3.63) is 64.6 Å². The van der Waals surface area contributed by atoms with E-state index in [1.807, 2.05) is 59.0 Å². The lowest BCUT2D eigenvalue weighted by Crippen LogP contribution is -2.21. The highest BCUT2D eigenvalue weighted by Gasteiger charge is 2.13. The monoisotopic (exact) mass is 407 g/mol. The van der Waals surface area contributed by atoms with Gasteiger partial charge in [-0.05, 0) is 45.9 Å². The predicted molar refractivity (Wildman–Crippen MR) is 114 cm³/mol. The van der Waals surface area contributed by atoms with E-state index in [2.05, 4.69) is 15.5 Å². The summed E-state index contributed by atoms with van der Waals surface area (Å²) in [6.45, 7) is 7.22. The average molecular weight is 407 g/mol. The molecule has 0 radical (unpaired) electrons. The highest BCUT2D eigenvalue weighted by molar-refractivity contribution is 5.94. The Labute approximate surface area is 175 Å². The minimum atomic E-state index is -0.601. The molecule has 0 atom stereocenters. The zero-order valence-corrected chi connectivity index (χ0v) is 17.8. The molecule has 0 unspecified atom stereocenters. The van der Waals surface area contributed by atoms with E-state index < -0.39 is 18.5 Å². The number of aromatic nitrogens is 4. The van der Waals surface area contributed by atoms with Gasteiger partial charge in [0.25, 0.3) is 5.91 Å². The molecular formula is C22H25N5O3. The van der Waals surface area contributed by atoms with Crippen LogP contribution in [0.25, 0.3) is 11.8 Å². The van der Waals surface area contributed by atoms with Crippen molar-refractivity contribution < 1.29 is 14.3 Å². The van der Waals surface area contributed by atoms with Gasteiger partial charge in [0.1, 0.15) is 5.82 Å². The van der Waals surface area contributed by atoms with Crippen LogP contribution in [0.3, 0.4) is 0 Å². The maximum atomic E-state index is 12.3. The second-order valence-corrected chi connectivity index (χ2v) is 7.12. The average Bonchev–Trinajstić information content (AvgIpc) is 3.17. The zero-order chi connectivity index (χ0) is 21.8. The van der Waals surface area contributed by atoms with Crippen molar-refractivity contribution in [3.8, 4) is 5.69 Å². The van der Waals surface area contributed by atoms with E-state index in [1.54, 1.807) is 21.5 Å². The molecule has 0 bridgehead atoms. The van der Waals surface area contributed by atoms with Gasteiger partial charge in [-0.3, -0.25) is 9.48 Å². The van der Waals surface area contributed by atoms with E-state index in [4.69, 9.17) is 4.74 Å². The maximum Gasteiger partial charge on any atom is 0.331 e. The van der Waals surface area contributed by atoms with Crippen LogP contribution in [0.5, 0.6) is 0 Å². The first-order valence-electron chi connectivity index (χ1n) is 9.53. The minimum absolute atomic E-state index is 0.397. The molecule has 0 aliphatic carbocycles. The third-order valence-electron chi connectivity index (χ3n) is 4.67. The summed E-state index contributed by atoms with van der Waals surface area (Å²) in [5, 5.41) is 11.4. The number of carbonyl (C=O) groups is 2. The molecule has 1 aromatic carbocycles. The van der Waals surface area contributed by atoms with Crippen molar-refractivity contribution in [3.63, 3.8) is 0 Å². The molecule has 0 aliphatic rings. The van der Waals surface area contributed by atoms with E-state index >= 15 is 0 Å². The van der Waals surface area contributed by atoms with E-state index in [9.17, 15) is 9.59 Å². The molecule has 1 amide bonds. The van der Waals surface area contributed by atoms with E-state index in [1.165, 1.54) is 6.08 Å². The smallest absolute Gasteiger partial charge is 0.331 e. The molecule has 8 nitrogen and oxygen atoms in total. The molecule has 0 fully saturated rings. The van der Waals surface area contributed by atoms with E-state index in [-0.39, 0.29) is 0 Å². The number of anilines is 1. The number of nitrogens with one attached hydrogen (secondary N) is 1. The molecule has 0 aliphatic heterocycles. The molecule has 3 aromatic rings. The highest BCUT2D eigenvalue weighted by Crippen LogP contribution is 2.18. The molecule has 0 spiro atoms. The summed E-state index contributed by atoms with van der Waals surface area (Å²) in [6.07, 6.45) is 2.94. The van der Waals surface area contributed by atoms with Gasteiger partial charge in [-0.15, -0.1) is 0 Å². The summed E-state index contributed by atoms with van der Waals surface area (Å²) < 4.78 is 8.44. The number of amides is 1. The Hall–Kier alpha value is -3.68. The van der Waals surface area contributed by atoms with Crippen LogP contribution in [-0.2, 0) is 21.4 Å². The van der Waals surface area contributed by atoms with Crippen molar-refractivity contribution in [1.82, 2.24) is 19.6 Å². The van der Waals surface area contributed by atoms with Crippen molar-refractivity contribution >= 4 is 23.8 Å². The quantitative estimate of drug-likeness (QED) is 0.501. The van der Waals surface area contributed by atoms with Gasteiger partial charge in [0.15, 0.2) is 6.61 Å². The second kappa shape index (κ2) is 8.77. The van der Waals surface area contributed by atoms with Gasteiger partial charge >= 0.3 is 5.97 Å². The lowest BCUT2D eigenvalue weighted by atomic mass is 10.2. The third-order valence-corrected chi connectivity index (χ3v) is 4.67. The summed E-state index contributed by atoms with van der Waals surface area (Å²) in [5.74, 6) is -0.538. The highest BCUT2D eigenvalue weighted by atomic mass is 16.5. The first-order valence-corrected chi connectivity index (χ1v) is 9.53. The predicted octanol–water partition coefficient (Wildman–Crippen LogP) is 3.03. The van der Waals surface area contributed by atoms with Crippen molar-refractivity contribution in [2.75, 3.05) is 11.9 Å². The maximum absolute atomic E-state index is 12.3. The number of hydrogen-bond donors (Lipinski definition) is 1. The Morgan fingerprint density at radius 2 is 1.80 bits per heavy atom. The summed E-state index contributed by atoms with van der Waals surface area (Å²) in [4.78, 5) is 24.3. The summed E-state index contributed by atoms with van der Waals surface area (Å²) >= 11 is 0. The second-order valence-electron chi connectivity index (χ2n) is 7.12. The molecule has 0 saturated heterocycles. The largest absolute Gasteiger partial charge is 0.452 e. The first-order chi connectivity index (χ1) is 14.2. The van der Waals surface area contributed by atoms with Gasteiger partial charge in [-0.1, -0.05) is 17.7 Å². The van der Waals surface area contributed by atoms with Crippen LogP contribution >= 0.6 is 0 Å². The van der Waals surface area contributed by atoms with Crippen LogP contribution in [0.4, 0.5) is 5.82 Å². The van der Waals surface area contributed by atoms with Gasteiger partial charge in [0, 0.05) is 30.4 Å². The van der Waals surface area contributed by atoms with E-state index in [0.717, 1.165) is 33.9 Å². The lowest BCUT2D eigenvalue weighted by molar-refractivity contribution is -0.142. The Morgan fingerprint density at radius 1 is 1.10 bits per heavy atom. The van der Waals surface area contributed by atoms with Gasteiger partial charge in [-0.25, -0.2) is 9.48 Å². The van der Waals surface area contributed by atoms with Crippen LogP contribution in [0.1, 0.15) is 28.2 Å². The minimum Gasteiger partial charge on any atom is -0.452 e. The molecule has 156 valence electrons. The van der Waals surface area contributed by atoms with Crippen LogP contribution in [-0.4, -0.2) is 38.0 Å². The zero-order valence-electron chi connectivity index (χ0n) is 17.8. The molecule has 30 heavy (non-hydrogen) atoms. The topological polar surface area (TPSA) is 91.0 Å². The number of nitrogens with zero attached hydrogens (tertiary/aromatic N) is 4. The number of rotatable bonds is 6. The summed E-state index contributed by atoms with van der Waals surface area (Å²) in [6, 6.07) is 9.54. The Balaban J connectivity index is 1.60. The number of hydrogen-bond acceptors (Lipinski definition) is 5. The molecule has 1 N–H and O–H groups in total. The van der Waals surface area contributed by atoms with Gasteiger partial charge in [0.05, 0.1) is 17.1 Å². The number of carbonyl (C=O) groups excluding carboxylic acids is 2. The fraction of sp³-hybridized carbons (Fsp3) is 0.273. The van der Waals surface area contributed by atoms with Gasteiger partial charge in [-0.2, -0.15) is 10.2 Å². The van der Waals surface area contributed by atoms with Crippen LogP contribution < -0.4 is 5.32 Å². The van der Waals surface area contributed by atoms with Gasteiger partial charge < -0.3 is 10.1 Å². The first kappa shape index (κ1) is 21.0. The SMILES string of the molecule is Cc1ccc(-n2nc(C)cc2NC(=O)COC(=O)/C=C/c2c(C)nn(C)c2C)cc1.